The molecule has 0 saturated heterocycles. The molecular formula is C13H17NO2. The minimum Gasteiger partial charge on any atom is -0.495 e. The number of rotatable bonds is 4. The lowest BCUT2D eigenvalue weighted by Gasteiger charge is -2.14. The monoisotopic (exact) mass is 219 g/mol. The van der Waals surface area contributed by atoms with Crippen LogP contribution in [0.3, 0.4) is 0 Å². The molecule has 3 N–H and O–H groups in total. The molecule has 0 amide bonds. The second-order valence-electron chi connectivity index (χ2n) is 3.44. The molecule has 0 saturated carbocycles. The Kier molecular flexibility index (Phi) is 4.68. The van der Waals surface area contributed by atoms with Crippen molar-refractivity contribution in [1.82, 2.24) is 0 Å². The van der Waals surface area contributed by atoms with E-state index < -0.39 is 6.10 Å². The summed E-state index contributed by atoms with van der Waals surface area (Å²) in [7, 11) is 1.56. The van der Waals surface area contributed by atoms with Crippen molar-refractivity contribution >= 4 is 5.69 Å². The van der Waals surface area contributed by atoms with E-state index in [2.05, 4.69) is 11.8 Å². The fourth-order valence-corrected chi connectivity index (χ4v) is 1.52. The third-order valence-electron chi connectivity index (χ3n) is 2.40. The summed E-state index contributed by atoms with van der Waals surface area (Å²) in [6, 6.07) is 5.40. The van der Waals surface area contributed by atoms with Crippen molar-refractivity contribution in [2.24, 2.45) is 0 Å². The van der Waals surface area contributed by atoms with Gasteiger partial charge in [0.05, 0.1) is 18.9 Å². The van der Waals surface area contributed by atoms with Gasteiger partial charge in [-0.3, -0.25) is 0 Å². The van der Waals surface area contributed by atoms with E-state index in [0.717, 1.165) is 0 Å². The van der Waals surface area contributed by atoms with E-state index in [0.29, 0.717) is 29.8 Å². The maximum absolute atomic E-state index is 9.94. The SMILES string of the molecule is CC#CCCC(O)c1cccc(OC)c1N. The number of anilines is 1. The maximum atomic E-state index is 9.94. The third-order valence-corrected chi connectivity index (χ3v) is 2.40. The fourth-order valence-electron chi connectivity index (χ4n) is 1.52. The highest BCUT2D eigenvalue weighted by Gasteiger charge is 2.12. The van der Waals surface area contributed by atoms with Gasteiger partial charge in [-0.05, 0) is 19.4 Å². The first-order valence-electron chi connectivity index (χ1n) is 5.20. The summed E-state index contributed by atoms with van der Waals surface area (Å²) in [6.45, 7) is 1.78. The number of aliphatic hydroxyl groups is 1. The molecule has 0 fully saturated rings. The summed E-state index contributed by atoms with van der Waals surface area (Å²) >= 11 is 0. The summed E-state index contributed by atoms with van der Waals surface area (Å²) in [4.78, 5) is 0. The van der Waals surface area contributed by atoms with Crippen LogP contribution in [-0.2, 0) is 0 Å². The van der Waals surface area contributed by atoms with Crippen LogP contribution in [0.2, 0.25) is 0 Å². The van der Waals surface area contributed by atoms with Crippen LogP contribution >= 0.6 is 0 Å². The van der Waals surface area contributed by atoms with Crippen molar-refractivity contribution in [3.8, 4) is 17.6 Å². The molecule has 16 heavy (non-hydrogen) atoms. The van der Waals surface area contributed by atoms with Crippen molar-refractivity contribution in [3.63, 3.8) is 0 Å². The summed E-state index contributed by atoms with van der Waals surface area (Å²) in [6.07, 6.45) is 0.656. The van der Waals surface area contributed by atoms with Crippen LogP contribution in [0.4, 0.5) is 5.69 Å². The van der Waals surface area contributed by atoms with Gasteiger partial charge in [0, 0.05) is 12.0 Å². The van der Waals surface area contributed by atoms with Crippen molar-refractivity contribution in [3.05, 3.63) is 23.8 Å². The van der Waals surface area contributed by atoms with Gasteiger partial charge >= 0.3 is 0 Å². The lowest BCUT2D eigenvalue weighted by Crippen LogP contribution is -2.03. The van der Waals surface area contributed by atoms with Gasteiger partial charge in [-0.15, -0.1) is 11.8 Å². The molecule has 0 spiro atoms. The highest BCUT2D eigenvalue weighted by atomic mass is 16.5. The van der Waals surface area contributed by atoms with Crippen LogP contribution in [0.25, 0.3) is 0 Å². The number of hydrogen-bond acceptors (Lipinski definition) is 3. The Hall–Kier alpha value is -1.66. The molecular weight excluding hydrogens is 202 g/mol. The van der Waals surface area contributed by atoms with Crippen LogP contribution in [0.15, 0.2) is 18.2 Å². The largest absolute Gasteiger partial charge is 0.495 e. The number of nitrogen functional groups attached to an aromatic ring is 1. The minimum atomic E-state index is -0.587. The molecule has 1 aromatic carbocycles. The summed E-state index contributed by atoms with van der Waals surface area (Å²) < 4.78 is 5.10. The van der Waals surface area contributed by atoms with E-state index in [1.807, 2.05) is 12.1 Å². The van der Waals surface area contributed by atoms with Crippen molar-refractivity contribution in [2.75, 3.05) is 12.8 Å². The number of benzene rings is 1. The quantitative estimate of drug-likeness (QED) is 0.602. The highest BCUT2D eigenvalue weighted by Crippen LogP contribution is 2.31. The first-order chi connectivity index (χ1) is 7.70. The Morgan fingerprint density at radius 1 is 1.50 bits per heavy atom. The van der Waals surface area contributed by atoms with Crippen molar-refractivity contribution in [1.29, 1.82) is 0 Å². The van der Waals surface area contributed by atoms with E-state index >= 15 is 0 Å². The smallest absolute Gasteiger partial charge is 0.142 e. The zero-order chi connectivity index (χ0) is 12.0. The third kappa shape index (κ3) is 2.91. The second-order valence-corrected chi connectivity index (χ2v) is 3.44. The molecule has 3 nitrogen and oxygen atoms in total. The number of para-hydroxylation sites is 1. The Balaban J connectivity index is 2.81. The maximum Gasteiger partial charge on any atom is 0.142 e. The summed E-state index contributed by atoms with van der Waals surface area (Å²) in [5.74, 6) is 6.31. The molecule has 1 rings (SSSR count). The number of hydrogen-bond donors (Lipinski definition) is 2. The fraction of sp³-hybridized carbons (Fsp3) is 0.385. The van der Waals surface area contributed by atoms with E-state index in [1.54, 1.807) is 20.1 Å². The van der Waals surface area contributed by atoms with Gasteiger partial charge in [0.1, 0.15) is 5.75 Å². The van der Waals surface area contributed by atoms with E-state index in [9.17, 15) is 5.11 Å². The molecule has 0 aliphatic heterocycles. The van der Waals surface area contributed by atoms with Gasteiger partial charge in [-0.2, -0.15) is 0 Å². The number of ether oxygens (including phenoxy) is 1. The number of aliphatic hydroxyl groups excluding tert-OH is 1. The van der Waals surface area contributed by atoms with Crippen LogP contribution in [0, 0.1) is 11.8 Å². The lowest BCUT2D eigenvalue weighted by molar-refractivity contribution is 0.170. The molecule has 1 atom stereocenters. The molecule has 0 bridgehead atoms. The lowest BCUT2D eigenvalue weighted by atomic mass is 10.0. The van der Waals surface area contributed by atoms with Crippen molar-refractivity contribution in [2.45, 2.75) is 25.9 Å². The van der Waals surface area contributed by atoms with E-state index in [-0.39, 0.29) is 0 Å². The molecule has 0 heterocycles. The number of methoxy groups -OCH3 is 1. The standard InChI is InChI=1S/C13H17NO2/c1-3-4-5-8-11(15)10-7-6-9-12(16-2)13(10)14/h6-7,9,11,15H,5,8,14H2,1-2H3. The van der Waals surface area contributed by atoms with Crippen LogP contribution in [-0.4, -0.2) is 12.2 Å². The first-order valence-corrected chi connectivity index (χ1v) is 5.20. The molecule has 3 heteroatoms. The minimum absolute atomic E-state index is 0.502. The Morgan fingerprint density at radius 2 is 2.25 bits per heavy atom. The number of nitrogens with two attached hydrogens (primary N) is 1. The van der Waals surface area contributed by atoms with Crippen molar-refractivity contribution < 1.29 is 9.84 Å². The van der Waals surface area contributed by atoms with Gasteiger partial charge in [0.2, 0.25) is 0 Å². The van der Waals surface area contributed by atoms with Gasteiger partial charge in [0.15, 0.2) is 0 Å². The Labute approximate surface area is 96.2 Å². The highest BCUT2D eigenvalue weighted by molar-refractivity contribution is 5.59. The molecule has 1 aromatic rings. The van der Waals surface area contributed by atoms with Gasteiger partial charge in [-0.25, -0.2) is 0 Å². The molecule has 1 unspecified atom stereocenters. The summed E-state index contributed by atoms with van der Waals surface area (Å²) in [5.41, 5.74) is 7.09. The normalized spacial score (nSPS) is 11.4. The average molecular weight is 219 g/mol. The zero-order valence-corrected chi connectivity index (χ0v) is 9.66. The van der Waals surface area contributed by atoms with Gasteiger partial charge in [-0.1, -0.05) is 12.1 Å². The molecule has 0 aromatic heterocycles. The van der Waals surface area contributed by atoms with Gasteiger partial charge in [0.25, 0.3) is 0 Å². The summed E-state index contributed by atoms with van der Waals surface area (Å²) in [5, 5.41) is 9.94. The van der Waals surface area contributed by atoms with E-state index in [4.69, 9.17) is 10.5 Å². The molecule has 0 aliphatic rings. The van der Waals surface area contributed by atoms with Gasteiger partial charge < -0.3 is 15.6 Å². The molecule has 0 radical (unpaired) electrons. The van der Waals surface area contributed by atoms with Crippen LogP contribution in [0.5, 0.6) is 5.75 Å². The topological polar surface area (TPSA) is 55.5 Å². The predicted molar refractivity (Wildman–Crippen MR) is 65.1 cm³/mol. The average Bonchev–Trinajstić information content (AvgIpc) is 2.29. The first kappa shape index (κ1) is 12.4. The molecule has 0 aliphatic carbocycles. The second kappa shape index (κ2) is 6.04. The predicted octanol–water partition coefficient (Wildman–Crippen LogP) is 2.11. The Bertz CT molecular complexity index is 404. The molecule has 86 valence electrons. The Morgan fingerprint density at radius 3 is 2.88 bits per heavy atom. The van der Waals surface area contributed by atoms with E-state index in [1.165, 1.54) is 0 Å². The van der Waals surface area contributed by atoms with Crippen LogP contribution < -0.4 is 10.5 Å². The zero-order valence-electron chi connectivity index (χ0n) is 9.66. The van der Waals surface area contributed by atoms with Crippen LogP contribution in [0.1, 0.15) is 31.4 Å².